The van der Waals surface area contributed by atoms with Crippen molar-refractivity contribution in [2.24, 2.45) is 0 Å². The summed E-state index contributed by atoms with van der Waals surface area (Å²) >= 11 is 6.17. The Kier molecular flexibility index (Phi) is 4.13. The molecule has 0 spiro atoms. The summed E-state index contributed by atoms with van der Waals surface area (Å²) < 4.78 is 16.2. The molecule has 94 valence electrons. The van der Waals surface area contributed by atoms with E-state index < -0.39 is 0 Å². The predicted octanol–water partition coefficient (Wildman–Crippen LogP) is 3.16. The summed E-state index contributed by atoms with van der Waals surface area (Å²) in [6.07, 6.45) is 1.78. The molecule has 1 aromatic rings. The summed E-state index contributed by atoms with van der Waals surface area (Å²) in [6, 6.07) is 5.80. The number of benzene rings is 1. The first-order valence-electron chi connectivity index (χ1n) is 5.71. The van der Waals surface area contributed by atoms with Crippen molar-refractivity contribution >= 4 is 11.6 Å². The van der Waals surface area contributed by atoms with Crippen molar-refractivity contribution in [2.45, 2.75) is 24.3 Å². The fourth-order valence-electron chi connectivity index (χ4n) is 2.00. The van der Waals surface area contributed by atoms with E-state index in [2.05, 4.69) is 0 Å². The maximum Gasteiger partial charge on any atom is 0.122 e. The van der Waals surface area contributed by atoms with Crippen LogP contribution in [0.1, 0.15) is 24.5 Å². The first-order valence-corrected chi connectivity index (χ1v) is 6.15. The second-order valence-electron chi connectivity index (χ2n) is 4.13. The van der Waals surface area contributed by atoms with Crippen LogP contribution < -0.4 is 9.47 Å². The minimum Gasteiger partial charge on any atom is -0.497 e. The van der Waals surface area contributed by atoms with Crippen LogP contribution in [0.4, 0.5) is 0 Å². The van der Waals surface area contributed by atoms with E-state index in [1.54, 1.807) is 14.2 Å². The summed E-state index contributed by atoms with van der Waals surface area (Å²) in [6.45, 7) is 0.707. The second-order valence-corrected chi connectivity index (χ2v) is 4.74. The van der Waals surface area contributed by atoms with Gasteiger partial charge in [0.15, 0.2) is 0 Å². The lowest BCUT2D eigenvalue weighted by molar-refractivity contribution is 0.0166. The summed E-state index contributed by atoms with van der Waals surface area (Å²) in [7, 11) is 3.29. The van der Waals surface area contributed by atoms with Crippen LogP contribution in [0, 0.1) is 0 Å². The molecule has 1 aromatic carbocycles. The highest BCUT2D eigenvalue weighted by Gasteiger charge is 2.23. The average molecular weight is 257 g/mol. The lowest BCUT2D eigenvalue weighted by Gasteiger charge is -2.26. The van der Waals surface area contributed by atoms with Crippen molar-refractivity contribution < 1.29 is 14.2 Å². The third-order valence-corrected chi connectivity index (χ3v) is 3.36. The van der Waals surface area contributed by atoms with E-state index in [-0.39, 0.29) is 11.5 Å². The van der Waals surface area contributed by atoms with Crippen LogP contribution in [0.2, 0.25) is 0 Å². The molecule has 0 N–H and O–H groups in total. The van der Waals surface area contributed by atoms with Crippen LogP contribution in [0.5, 0.6) is 11.5 Å². The Labute approximate surface area is 107 Å². The predicted molar refractivity (Wildman–Crippen MR) is 67.1 cm³/mol. The molecule has 0 amide bonds. The van der Waals surface area contributed by atoms with Crippen molar-refractivity contribution in [1.82, 2.24) is 0 Å². The van der Waals surface area contributed by atoms with Gasteiger partial charge in [-0.3, -0.25) is 0 Å². The summed E-state index contributed by atoms with van der Waals surface area (Å²) in [4.78, 5) is 0. The van der Waals surface area contributed by atoms with Crippen LogP contribution in [-0.2, 0) is 4.74 Å². The second kappa shape index (κ2) is 5.61. The molecule has 1 aliphatic rings. The molecule has 4 heteroatoms. The Morgan fingerprint density at radius 2 is 1.82 bits per heavy atom. The van der Waals surface area contributed by atoms with E-state index >= 15 is 0 Å². The van der Waals surface area contributed by atoms with Gasteiger partial charge >= 0.3 is 0 Å². The number of rotatable bonds is 3. The molecule has 0 bridgehead atoms. The van der Waals surface area contributed by atoms with E-state index in [4.69, 9.17) is 25.8 Å². The zero-order chi connectivity index (χ0) is 12.3. The molecule has 2 rings (SSSR count). The molecule has 1 fully saturated rings. The lowest BCUT2D eigenvalue weighted by atomic mass is 10.0. The van der Waals surface area contributed by atoms with E-state index in [9.17, 15) is 0 Å². The maximum atomic E-state index is 6.17. The van der Waals surface area contributed by atoms with Crippen LogP contribution in [-0.4, -0.2) is 26.2 Å². The van der Waals surface area contributed by atoms with Crippen molar-refractivity contribution in [2.75, 3.05) is 20.8 Å². The van der Waals surface area contributed by atoms with Crippen LogP contribution in [0.15, 0.2) is 18.2 Å². The zero-order valence-electron chi connectivity index (χ0n) is 10.1. The van der Waals surface area contributed by atoms with Crippen LogP contribution >= 0.6 is 11.6 Å². The van der Waals surface area contributed by atoms with E-state index in [1.165, 1.54) is 0 Å². The summed E-state index contributed by atoms with van der Waals surface area (Å²) in [5, 5.41) is 0.186. The fraction of sp³-hybridized carbons (Fsp3) is 0.538. The third kappa shape index (κ3) is 3.05. The quantitative estimate of drug-likeness (QED) is 0.778. The molecule has 0 aromatic heterocycles. The maximum absolute atomic E-state index is 6.17. The van der Waals surface area contributed by atoms with E-state index in [0.717, 1.165) is 29.9 Å². The van der Waals surface area contributed by atoms with Gasteiger partial charge in [0.2, 0.25) is 0 Å². The van der Waals surface area contributed by atoms with Gasteiger partial charge in [-0.25, -0.2) is 0 Å². The van der Waals surface area contributed by atoms with Crippen LogP contribution in [0.3, 0.4) is 0 Å². The Morgan fingerprint density at radius 1 is 1.18 bits per heavy atom. The lowest BCUT2D eigenvalue weighted by Crippen LogP contribution is -2.19. The smallest absolute Gasteiger partial charge is 0.122 e. The number of halogens is 1. The molecular weight excluding hydrogens is 240 g/mol. The Hall–Kier alpha value is -0.930. The minimum atomic E-state index is 0.0373. The van der Waals surface area contributed by atoms with Gasteiger partial charge in [0.25, 0.3) is 0 Å². The Balaban J connectivity index is 2.23. The number of hydrogen-bond donors (Lipinski definition) is 0. The number of methoxy groups -OCH3 is 2. The standard InChI is InChI=1S/C13H17ClO3/c1-15-11-5-9(6-12(8-11)16-2)13-7-10(14)3-4-17-13/h5-6,8,10,13H,3-4,7H2,1-2H3. The van der Waals surface area contributed by atoms with Gasteiger partial charge in [0.05, 0.1) is 20.3 Å². The SMILES string of the molecule is COc1cc(OC)cc(C2CC(Cl)CCO2)c1. The van der Waals surface area contributed by atoms with Gasteiger partial charge in [0.1, 0.15) is 11.5 Å². The molecule has 3 nitrogen and oxygen atoms in total. The molecule has 1 saturated heterocycles. The van der Waals surface area contributed by atoms with Crippen molar-refractivity contribution in [3.8, 4) is 11.5 Å². The fourth-order valence-corrected chi connectivity index (χ4v) is 2.25. The molecule has 1 heterocycles. The first kappa shape index (κ1) is 12.5. The van der Waals surface area contributed by atoms with E-state index in [0.29, 0.717) is 6.61 Å². The van der Waals surface area contributed by atoms with Crippen molar-refractivity contribution in [3.05, 3.63) is 23.8 Å². The minimum absolute atomic E-state index is 0.0373. The highest BCUT2D eigenvalue weighted by Crippen LogP contribution is 2.34. The third-order valence-electron chi connectivity index (χ3n) is 2.97. The monoisotopic (exact) mass is 256 g/mol. The molecule has 0 radical (unpaired) electrons. The Bertz CT molecular complexity index is 359. The van der Waals surface area contributed by atoms with Gasteiger partial charge < -0.3 is 14.2 Å². The first-order chi connectivity index (χ1) is 8.22. The molecule has 1 aliphatic heterocycles. The number of alkyl halides is 1. The molecular formula is C13H17ClO3. The number of ether oxygens (including phenoxy) is 3. The van der Waals surface area contributed by atoms with Gasteiger partial charge in [-0.1, -0.05) is 0 Å². The van der Waals surface area contributed by atoms with Crippen LogP contribution in [0.25, 0.3) is 0 Å². The highest BCUT2D eigenvalue weighted by molar-refractivity contribution is 6.20. The average Bonchev–Trinajstić information content (AvgIpc) is 2.38. The molecule has 17 heavy (non-hydrogen) atoms. The summed E-state index contributed by atoms with van der Waals surface area (Å²) in [5.74, 6) is 1.55. The highest BCUT2D eigenvalue weighted by atomic mass is 35.5. The molecule has 2 atom stereocenters. The van der Waals surface area contributed by atoms with E-state index in [1.807, 2.05) is 18.2 Å². The van der Waals surface area contributed by atoms with Gasteiger partial charge in [-0.15, -0.1) is 11.6 Å². The molecule has 0 saturated carbocycles. The van der Waals surface area contributed by atoms with Gasteiger partial charge in [-0.2, -0.15) is 0 Å². The Morgan fingerprint density at radius 3 is 2.35 bits per heavy atom. The summed E-state index contributed by atoms with van der Waals surface area (Å²) in [5.41, 5.74) is 1.06. The molecule has 0 aliphatic carbocycles. The number of hydrogen-bond acceptors (Lipinski definition) is 3. The zero-order valence-corrected chi connectivity index (χ0v) is 10.9. The van der Waals surface area contributed by atoms with Crippen molar-refractivity contribution in [3.63, 3.8) is 0 Å². The van der Waals surface area contributed by atoms with Gasteiger partial charge in [-0.05, 0) is 30.5 Å². The largest absolute Gasteiger partial charge is 0.497 e. The molecule has 2 unspecified atom stereocenters. The van der Waals surface area contributed by atoms with Gasteiger partial charge in [0, 0.05) is 18.1 Å². The topological polar surface area (TPSA) is 27.7 Å². The van der Waals surface area contributed by atoms with Crippen molar-refractivity contribution in [1.29, 1.82) is 0 Å². The normalized spacial score (nSPS) is 24.4.